The average Bonchev–Trinajstić information content (AvgIpc) is 2.74. The van der Waals surface area contributed by atoms with E-state index >= 15 is 0 Å². The Morgan fingerprint density at radius 1 is 1.17 bits per heavy atom. The fourth-order valence-electron chi connectivity index (χ4n) is 2.39. The average molecular weight is 167 g/mol. The summed E-state index contributed by atoms with van der Waals surface area (Å²) in [5, 5.41) is 0. The minimum atomic E-state index is 1.04. The molecule has 2 fully saturated rings. The van der Waals surface area contributed by atoms with Crippen LogP contribution in [0.15, 0.2) is 0 Å². The normalized spacial score (nSPS) is 31.2. The fraction of sp³-hybridized carbons (Fsp3) is 1.00. The topological polar surface area (TPSA) is 3.24 Å². The number of hydrogen-bond acceptors (Lipinski definition) is 1. The van der Waals surface area contributed by atoms with E-state index in [1.54, 1.807) is 0 Å². The molecular weight excluding hydrogens is 146 g/mol. The van der Waals surface area contributed by atoms with Gasteiger partial charge in [-0.1, -0.05) is 13.3 Å². The van der Waals surface area contributed by atoms with Crippen molar-refractivity contribution in [2.45, 2.75) is 39.0 Å². The summed E-state index contributed by atoms with van der Waals surface area (Å²) < 4.78 is 0. The molecule has 1 aliphatic heterocycles. The zero-order valence-corrected chi connectivity index (χ0v) is 8.26. The first-order valence-corrected chi connectivity index (χ1v) is 5.61. The minimum Gasteiger partial charge on any atom is -0.303 e. The molecule has 0 aromatic rings. The fourth-order valence-corrected chi connectivity index (χ4v) is 2.39. The van der Waals surface area contributed by atoms with Crippen LogP contribution in [0.25, 0.3) is 0 Å². The summed E-state index contributed by atoms with van der Waals surface area (Å²) in [5.41, 5.74) is 0. The Labute approximate surface area is 76.1 Å². The number of rotatable bonds is 4. The van der Waals surface area contributed by atoms with Gasteiger partial charge in [0.25, 0.3) is 0 Å². The second-order valence-electron chi connectivity index (χ2n) is 4.65. The molecule has 0 unspecified atom stereocenters. The molecule has 1 heteroatoms. The monoisotopic (exact) mass is 167 g/mol. The maximum absolute atomic E-state index is 2.69. The predicted octanol–water partition coefficient (Wildman–Crippen LogP) is 2.52. The molecule has 2 aliphatic rings. The Kier molecular flexibility index (Phi) is 2.69. The summed E-state index contributed by atoms with van der Waals surface area (Å²) in [7, 11) is 0. The number of hydrogen-bond donors (Lipinski definition) is 0. The summed E-state index contributed by atoms with van der Waals surface area (Å²) in [4.78, 5) is 2.69. The van der Waals surface area contributed by atoms with Crippen LogP contribution < -0.4 is 0 Å². The van der Waals surface area contributed by atoms with Gasteiger partial charge < -0.3 is 4.90 Å². The van der Waals surface area contributed by atoms with Gasteiger partial charge in [-0.3, -0.25) is 0 Å². The van der Waals surface area contributed by atoms with E-state index < -0.39 is 0 Å². The van der Waals surface area contributed by atoms with Crippen LogP contribution in [0.4, 0.5) is 0 Å². The van der Waals surface area contributed by atoms with E-state index in [0.29, 0.717) is 0 Å². The first kappa shape index (κ1) is 8.55. The van der Waals surface area contributed by atoms with Crippen molar-refractivity contribution in [3.63, 3.8) is 0 Å². The lowest BCUT2D eigenvalue weighted by Gasteiger charge is -2.14. The first-order valence-electron chi connectivity index (χ1n) is 5.61. The molecule has 0 spiro atoms. The Balaban J connectivity index is 1.66. The molecule has 0 bridgehead atoms. The number of likely N-dealkylation sites (tertiary alicyclic amines) is 1. The zero-order valence-electron chi connectivity index (χ0n) is 8.26. The van der Waals surface area contributed by atoms with Crippen LogP contribution in [0.3, 0.4) is 0 Å². The molecule has 12 heavy (non-hydrogen) atoms. The molecule has 1 saturated heterocycles. The highest BCUT2D eigenvalue weighted by Crippen LogP contribution is 2.32. The van der Waals surface area contributed by atoms with E-state index in [1.807, 2.05) is 0 Å². The summed E-state index contributed by atoms with van der Waals surface area (Å²) in [6, 6.07) is 0. The smallest absolute Gasteiger partial charge is 0.00102 e. The Hall–Kier alpha value is -0.0400. The highest BCUT2D eigenvalue weighted by Gasteiger charge is 2.28. The van der Waals surface area contributed by atoms with E-state index in [-0.39, 0.29) is 0 Å². The van der Waals surface area contributed by atoms with Crippen molar-refractivity contribution in [2.24, 2.45) is 11.8 Å². The van der Waals surface area contributed by atoms with Crippen molar-refractivity contribution in [1.82, 2.24) is 4.90 Å². The van der Waals surface area contributed by atoms with Crippen LogP contribution in [-0.4, -0.2) is 24.5 Å². The maximum Gasteiger partial charge on any atom is 0.00102 e. The lowest BCUT2D eigenvalue weighted by molar-refractivity contribution is 0.307. The van der Waals surface area contributed by atoms with Crippen LogP contribution in [-0.2, 0) is 0 Å². The largest absolute Gasteiger partial charge is 0.303 e. The van der Waals surface area contributed by atoms with Gasteiger partial charge in [0.1, 0.15) is 0 Å². The summed E-state index contributed by atoms with van der Waals surface area (Å²) in [5.74, 6) is 2.12. The van der Waals surface area contributed by atoms with Crippen molar-refractivity contribution in [3.05, 3.63) is 0 Å². The molecule has 1 aliphatic carbocycles. The molecule has 1 atom stereocenters. The molecule has 0 N–H and O–H groups in total. The molecule has 0 aromatic heterocycles. The SMILES string of the molecule is CCC[C@@H]1CCN(CC2CC2)C1. The lowest BCUT2D eigenvalue weighted by Crippen LogP contribution is -2.23. The van der Waals surface area contributed by atoms with E-state index in [4.69, 9.17) is 0 Å². The lowest BCUT2D eigenvalue weighted by atomic mass is 10.0. The molecule has 2 rings (SSSR count). The van der Waals surface area contributed by atoms with Crippen molar-refractivity contribution < 1.29 is 0 Å². The van der Waals surface area contributed by atoms with Gasteiger partial charge in [-0.2, -0.15) is 0 Å². The van der Waals surface area contributed by atoms with Gasteiger partial charge in [-0.15, -0.1) is 0 Å². The highest BCUT2D eigenvalue weighted by molar-refractivity contribution is 4.82. The third-order valence-corrected chi connectivity index (χ3v) is 3.28. The predicted molar refractivity (Wildman–Crippen MR) is 52.2 cm³/mol. The van der Waals surface area contributed by atoms with Crippen molar-refractivity contribution in [2.75, 3.05) is 19.6 Å². The van der Waals surface area contributed by atoms with Crippen LogP contribution in [0.1, 0.15) is 39.0 Å². The first-order chi connectivity index (χ1) is 5.88. The molecule has 0 amide bonds. The quantitative estimate of drug-likeness (QED) is 0.622. The Morgan fingerprint density at radius 2 is 2.00 bits per heavy atom. The van der Waals surface area contributed by atoms with Gasteiger partial charge >= 0.3 is 0 Å². The van der Waals surface area contributed by atoms with Gasteiger partial charge in [0.2, 0.25) is 0 Å². The second-order valence-corrected chi connectivity index (χ2v) is 4.65. The van der Waals surface area contributed by atoms with Crippen molar-refractivity contribution in [3.8, 4) is 0 Å². The van der Waals surface area contributed by atoms with E-state index in [2.05, 4.69) is 11.8 Å². The highest BCUT2D eigenvalue weighted by atomic mass is 15.1. The molecule has 1 heterocycles. The minimum absolute atomic E-state index is 1.04. The molecular formula is C11H21N. The van der Waals surface area contributed by atoms with Gasteiger partial charge in [0.15, 0.2) is 0 Å². The van der Waals surface area contributed by atoms with Crippen LogP contribution in [0.5, 0.6) is 0 Å². The van der Waals surface area contributed by atoms with Crippen LogP contribution in [0.2, 0.25) is 0 Å². The van der Waals surface area contributed by atoms with Crippen LogP contribution >= 0.6 is 0 Å². The maximum atomic E-state index is 2.69. The third-order valence-electron chi connectivity index (χ3n) is 3.28. The van der Waals surface area contributed by atoms with Gasteiger partial charge in [0, 0.05) is 13.1 Å². The molecule has 0 radical (unpaired) electrons. The van der Waals surface area contributed by atoms with E-state index in [0.717, 1.165) is 11.8 Å². The van der Waals surface area contributed by atoms with Gasteiger partial charge in [-0.25, -0.2) is 0 Å². The summed E-state index contributed by atoms with van der Waals surface area (Å²) >= 11 is 0. The molecule has 1 nitrogen and oxygen atoms in total. The van der Waals surface area contributed by atoms with Crippen molar-refractivity contribution in [1.29, 1.82) is 0 Å². The third kappa shape index (κ3) is 2.22. The Morgan fingerprint density at radius 3 is 2.67 bits per heavy atom. The van der Waals surface area contributed by atoms with E-state index in [1.165, 1.54) is 51.7 Å². The standard InChI is InChI=1S/C11H21N/c1-2-3-10-6-7-12(8-10)9-11-4-5-11/h10-11H,2-9H2,1H3/t10-/m1/s1. The molecule has 1 saturated carbocycles. The number of nitrogens with zero attached hydrogens (tertiary/aromatic N) is 1. The summed E-state index contributed by atoms with van der Waals surface area (Å²) in [6.45, 7) is 6.52. The van der Waals surface area contributed by atoms with E-state index in [9.17, 15) is 0 Å². The molecule has 70 valence electrons. The van der Waals surface area contributed by atoms with Gasteiger partial charge in [-0.05, 0) is 44.1 Å². The molecule has 0 aromatic carbocycles. The Bertz CT molecular complexity index is 140. The van der Waals surface area contributed by atoms with Crippen LogP contribution in [0, 0.1) is 11.8 Å². The zero-order chi connectivity index (χ0) is 8.39. The summed E-state index contributed by atoms with van der Waals surface area (Å²) in [6.07, 6.45) is 7.33. The van der Waals surface area contributed by atoms with Crippen molar-refractivity contribution >= 4 is 0 Å². The van der Waals surface area contributed by atoms with Gasteiger partial charge in [0.05, 0.1) is 0 Å². The second kappa shape index (κ2) is 3.78.